The van der Waals surface area contributed by atoms with Crippen LogP contribution in [0.5, 0.6) is 0 Å². The fourth-order valence-corrected chi connectivity index (χ4v) is 1.34. The lowest BCUT2D eigenvalue weighted by molar-refractivity contribution is -0.139. The Balaban J connectivity index is 2.74. The normalized spacial score (nSPS) is 12.7. The zero-order valence-corrected chi connectivity index (χ0v) is 9.10. The molecule has 5 nitrogen and oxygen atoms in total. The molecule has 0 aliphatic rings. The van der Waals surface area contributed by atoms with Gasteiger partial charge in [-0.15, -0.1) is 0 Å². The molecule has 2 N–H and O–H groups in total. The summed E-state index contributed by atoms with van der Waals surface area (Å²) in [5.74, 6) is -0.862. The first-order chi connectivity index (χ1) is 7.19. The Kier molecular flexibility index (Phi) is 4.30. The lowest BCUT2D eigenvalue weighted by atomic mass is 10.1. The second-order valence-electron chi connectivity index (χ2n) is 3.35. The molecule has 5 heteroatoms. The predicted molar refractivity (Wildman–Crippen MR) is 56.6 cm³/mol. The summed E-state index contributed by atoms with van der Waals surface area (Å²) in [7, 11) is 0. The Hall–Kier alpha value is -1.36. The molecule has 0 aliphatic carbocycles. The van der Waals surface area contributed by atoms with Gasteiger partial charge in [-0.1, -0.05) is 6.92 Å². The Labute approximate surface area is 89.1 Å². The highest BCUT2D eigenvalue weighted by Gasteiger charge is 2.19. The third-order valence-electron chi connectivity index (χ3n) is 2.16. The fraction of sp³-hybridized carbons (Fsp3) is 0.600. The average molecular weight is 211 g/mol. The van der Waals surface area contributed by atoms with Gasteiger partial charge in [-0.2, -0.15) is 5.10 Å². The fourth-order valence-electron chi connectivity index (χ4n) is 1.34. The van der Waals surface area contributed by atoms with E-state index in [0.29, 0.717) is 12.1 Å². The second-order valence-corrected chi connectivity index (χ2v) is 3.35. The Morgan fingerprint density at radius 2 is 2.40 bits per heavy atom. The molecule has 0 amide bonds. The monoisotopic (exact) mass is 211 g/mol. The number of hydrogen-bond acceptors (Lipinski definition) is 3. The summed E-state index contributed by atoms with van der Waals surface area (Å²) in [6.07, 6.45) is 4.28. The molecule has 1 heterocycles. The highest BCUT2D eigenvalue weighted by atomic mass is 16.4. The average Bonchev–Trinajstić information content (AvgIpc) is 2.66. The molecule has 0 aliphatic heterocycles. The van der Waals surface area contributed by atoms with Gasteiger partial charge in [-0.3, -0.25) is 9.48 Å². The second kappa shape index (κ2) is 5.50. The van der Waals surface area contributed by atoms with Crippen molar-refractivity contribution in [3.8, 4) is 0 Å². The molecule has 0 aromatic carbocycles. The van der Waals surface area contributed by atoms with Gasteiger partial charge in [0.15, 0.2) is 0 Å². The molecule has 1 atom stereocenters. The molecule has 0 bridgehead atoms. The van der Waals surface area contributed by atoms with Crippen molar-refractivity contribution in [2.45, 2.75) is 32.9 Å². The van der Waals surface area contributed by atoms with Crippen LogP contribution in [0.15, 0.2) is 12.4 Å². The van der Waals surface area contributed by atoms with E-state index in [4.69, 9.17) is 5.11 Å². The summed E-state index contributed by atoms with van der Waals surface area (Å²) in [6, 6.07) is -0.648. The van der Waals surface area contributed by atoms with Crippen LogP contribution in [-0.2, 0) is 11.3 Å². The van der Waals surface area contributed by atoms with Gasteiger partial charge in [-0.25, -0.2) is 0 Å². The molecule has 1 unspecified atom stereocenters. The van der Waals surface area contributed by atoms with Crippen LogP contribution in [0, 0.1) is 0 Å². The highest BCUT2D eigenvalue weighted by molar-refractivity contribution is 5.75. The van der Waals surface area contributed by atoms with Gasteiger partial charge in [0.1, 0.15) is 6.04 Å². The summed E-state index contributed by atoms with van der Waals surface area (Å²) < 4.78 is 1.72. The van der Waals surface area contributed by atoms with Crippen molar-refractivity contribution in [1.29, 1.82) is 0 Å². The Morgan fingerprint density at radius 1 is 1.67 bits per heavy atom. The van der Waals surface area contributed by atoms with Crippen molar-refractivity contribution in [3.63, 3.8) is 0 Å². The first-order valence-corrected chi connectivity index (χ1v) is 5.17. The molecule has 0 saturated carbocycles. The van der Waals surface area contributed by atoms with Gasteiger partial charge in [0.2, 0.25) is 0 Å². The van der Waals surface area contributed by atoms with E-state index in [1.165, 1.54) is 0 Å². The van der Waals surface area contributed by atoms with Gasteiger partial charge >= 0.3 is 5.97 Å². The Bertz CT molecular complexity index is 322. The number of carbonyl (C=O) groups is 1. The lowest BCUT2D eigenvalue weighted by Gasteiger charge is -2.11. The summed E-state index contributed by atoms with van der Waals surface area (Å²) in [6.45, 7) is 5.40. The van der Waals surface area contributed by atoms with E-state index in [2.05, 4.69) is 10.4 Å². The number of hydrogen-bond donors (Lipinski definition) is 2. The number of nitrogens with zero attached hydrogens (tertiary/aromatic N) is 2. The molecule has 0 saturated heterocycles. The number of rotatable bonds is 6. The van der Waals surface area contributed by atoms with E-state index >= 15 is 0 Å². The molecule has 15 heavy (non-hydrogen) atoms. The Morgan fingerprint density at radius 3 is 2.87 bits per heavy atom. The highest BCUT2D eigenvalue weighted by Crippen LogP contribution is 2.12. The minimum absolute atomic E-state index is 0.648. The largest absolute Gasteiger partial charge is 0.480 e. The van der Waals surface area contributed by atoms with Crippen LogP contribution in [-0.4, -0.2) is 27.4 Å². The van der Waals surface area contributed by atoms with E-state index in [9.17, 15) is 4.79 Å². The van der Waals surface area contributed by atoms with Crippen LogP contribution in [0.25, 0.3) is 0 Å². The number of aromatic nitrogens is 2. The van der Waals surface area contributed by atoms with Gasteiger partial charge in [-0.05, 0) is 19.9 Å². The van der Waals surface area contributed by atoms with Gasteiger partial charge < -0.3 is 10.4 Å². The van der Waals surface area contributed by atoms with Crippen LogP contribution in [0.4, 0.5) is 0 Å². The van der Waals surface area contributed by atoms with E-state index in [0.717, 1.165) is 13.0 Å². The number of nitrogens with one attached hydrogen (secondary N) is 1. The molecule has 1 aromatic heterocycles. The summed E-state index contributed by atoms with van der Waals surface area (Å²) in [5, 5.41) is 16.1. The van der Waals surface area contributed by atoms with Crippen LogP contribution < -0.4 is 5.32 Å². The van der Waals surface area contributed by atoms with Gasteiger partial charge in [0.05, 0.1) is 6.20 Å². The zero-order valence-electron chi connectivity index (χ0n) is 9.10. The molecule has 84 valence electrons. The van der Waals surface area contributed by atoms with Crippen molar-refractivity contribution in [1.82, 2.24) is 15.1 Å². The summed E-state index contributed by atoms with van der Waals surface area (Å²) in [5.41, 5.74) is 0.706. The van der Waals surface area contributed by atoms with Crippen LogP contribution in [0.3, 0.4) is 0 Å². The van der Waals surface area contributed by atoms with Gasteiger partial charge in [0, 0.05) is 18.3 Å². The minimum atomic E-state index is -0.862. The van der Waals surface area contributed by atoms with E-state index < -0.39 is 12.0 Å². The smallest absolute Gasteiger partial charge is 0.325 e. The number of carboxylic acid groups (broad SMARTS) is 1. The van der Waals surface area contributed by atoms with Gasteiger partial charge in [0.25, 0.3) is 0 Å². The maximum Gasteiger partial charge on any atom is 0.325 e. The standard InChI is InChI=1S/C10H17N3O2/c1-3-5-11-9(10(14)15)8-6-12-13(4-2)7-8/h6-7,9,11H,3-5H2,1-2H3,(H,14,15). The molecule has 1 aromatic rings. The van der Waals surface area contributed by atoms with Crippen LogP contribution in [0.2, 0.25) is 0 Å². The van der Waals surface area contributed by atoms with E-state index in [1.54, 1.807) is 17.1 Å². The van der Waals surface area contributed by atoms with Crippen LogP contribution >= 0.6 is 0 Å². The van der Waals surface area contributed by atoms with Crippen LogP contribution in [0.1, 0.15) is 31.9 Å². The molecular weight excluding hydrogens is 194 g/mol. The van der Waals surface area contributed by atoms with Crippen molar-refractivity contribution in [2.75, 3.05) is 6.54 Å². The SMILES string of the molecule is CCCNC(C(=O)O)c1cnn(CC)c1. The number of aryl methyl sites for hydroxylation is 1. The first kappa shape index (κ1) is 11.7. The molecule has 0 radical (unpaired) electrons. The van der Waals surface area contributed by atoms with Crippen molar-refractivity contribution in [3.05, 3.63) is 18.0 Å². The maximum absolute atomic E-state index is 11.0. The van der Waals surface area contributed by atoms with Crippen molar-refractivity contribution < 1.29 is 9.90 Å². The predicted octanol–water partition coefficient (Wildman–Crippen LogP) is 1.03. The maximum atomic E-state index is 11.0. The molecule has 1 rings (SSSR count). The van der Waals surface area contributed by atoms with E-state index in [1.807, 2.05) is 13.8 Å². The minimum Gasteiger partial charge on any atom is -0.480 e. The summed E-state index contributed by atoms with van der Waals surface area (Å²) >= 11 is 0. The number of carboxylic acids is 1. The molecule has 0 fully saturated rings. The zero-order chi connectivity index (χ0) is 11.3. The summed E-state index contributed by atoms with van der Waals surface area (Å²) in [4.78, 5) is 11.0. The van der Waals surface area contributed by atoms with E-state index in [-0.39, 0.29) is 0 Å². The number of aliphatic carboxylic acids is 1. The molecular formula is C10H17N3O2. The quantitative estimate of drug-likeness (QED) is 0.737. The third kappa shape index (κ3) is 3.06. The topological polar surface area (TPSA) is 67.2 Å². The van der Waals surface area contributed by atoms with Crippen molar-refractivity contribution in [2.24, 2.45) is 0 Å². The lowest BCUT2D eigenvalue weighted by Crippen LogP contribution is -2.28. The third-order valence-corrected chi connectivity index (χ3v) is 2.16. The van der Waals surface area contributed by atoms with Crippen molar-refractivity contribution >= 4 is 5.97 Å². The first-order valence-electron chi connectivity index (χ1n) is 5.17. The molecule has 0 spiro atoms.